The first kappa shape index (κ1) is 15.3. The van der Waals surface area contributed by atoms with Gasteiger partial charge in [-0.05, 0) is 52.2 Å². The predicted molar refractivity (Wildman–Crippen MR) is 88.4 cm³/mol. The monoisotopic (exact) mass is 377 g/mol. The molecular weight excluding hydrogens is 365 g/mol. The number of halogens is 3. The van der Waals surface area contributed by atoms with Crippen LogP contribution < -0.4 is 5.32 Å². The molecule has 0 aliphatic heterocycles. The Balaban J connectivity index is 2.07. The van der Waals surface area contributed by atoms with Crippen molar-refractivity contribution in [3.8, 4) is 0 Å². The molecule has 2 aromatic rings. The van der Waals surface area contributed by atoms with Crippen molar-refractivity contribution in [3.63, 3.8) is 0 Å². The van der Waals surface area contributed by atoms with Crippen LogP contribution in [0.15, 0.2) is 34.1 Å². The van der Waals surface area contributed by atoms with Crippen molar-refractivity contribution in [2.45, 2.75) is 25.9 Å². The SMILES string of the molecule is CCC(NCc1ccc(Br)s1)c1ccc(Cl)cc1Cl. The Morgan fingerprint density at radius 3 is 2.63 bits per heavy atom. The first-order valence-electron chi connectivity index (χ1n) is 6.02. The average Bonchev–Trinajstić information content (AvgIpc) is 2.78. The van der Waals surface area contributed by atoms with Crippen LogP contribution in [-0.2, 0) is 6.54 Å². The third-order valence-electron chi connectivity index (χ3n) is 2.90. The van der Waals surface area contributed by atoms with E-state index in [9.17, 15) is 0 Å². The van der Waals surface area contributed by atoms with Crippen LogP contribution in [0, 0.1) is 0 Å². The molecular formula is C14H14BrCl2NS. The van der Waals surface area contributed by atoms with Gasteiger partial charge in [-0.15, -0.1) is 11.3 Å². The van der Waals surface area contributed by atoms with E-state index in [1.807, 2.05) is 12.1 Å². The van der Waals surface area contributed by atoms with Gasteiger partial charge in [-0.25, -0.2) is 0 Å². The Kier molecular flexibility index (Phi) is 5.72. The molecule has 0 spiro atoms. The number of hydrogen-bond acceptors (Lipinski definition) is 2. The molecule has 1 N–H and O–H groups in total. The van der Waals surface area contributed by atoms with Crippen molar-refractivity contribution < 1.29 is 0 Å². The van der Waals surface area contributed by atoms with Gasteiger partial charge in [0.2, 0.25) is 0 Å². The lowest BCUT2D eigenvalue weighted by atomic mass is 10.0. The quantitative estimate of drug-likeness (QED) is 0.666. The third kappa shape index (κ3) is 4.20. The average molecular weight is 379 g/mol. The minimum atomic E-state index is 0.241. The van der Waals surface area contributed by atoms with Gasteiger partial charge in [0.15, 0.2) is 0 Å². The molecule has 0 radical (unpaired) electrons. The van der Waals surface area contributed by atoms with Crippen LogP contribution in [-0.4, -0.2) is 0 Å². The Morgan fingerprint density at radius 2 is 2.05 bits per heavy atom. The molecule has 2 rings (SSSR count). The van der Waals surface area contributed by atoms with Crippen LogP contribution in [0.1, 0.15) is 29.8 Å². The van der Waals surface area contributed by atoms with E-state index in [1.165, 1.54) is 4.88 Å². The van der Waals surface area contributed by atoms with E-state index >= 15 is 0 Å². The van der Waals surface area contributed by atoms with Gasteiger partial charge in [-0.1, -0.05) is 36.2 Å². The number of nitrogens with one attached hydrogen (secondary N) is 1. The Labute approximate surface area is 136 Å². The van der Waals surface area contributed by atoms with E-state index in [1.54, 1.807) is 17.4 Å². The summed E-state index contributed by atoms with van der Waals surface area (Å²) >= 11 is 17.4. The molecule has 102 valence electrons. The lowest BCUT2D eigenvalue weighted by molar-refractivity contribution is 0.522. The maximum absolute atomic E-state index is 6.26. The smallest absolute Gasteiger partial charge is 0.0701 e. The molecule has 0 bridgehead atoms. The third-order valence-corrected chi connectivity index (χ3v) is 5.08. The van der Waals surface area contributed by atoms with Crippen molar-refractivity contribution in [2.75, 3.05) is 0 Å². The van der Waals surface area contributed by atoms with Crippen molar-refractivity contribution in [1.29, 1.82) is 0 Å². The second-order valence-electron chi connectivity index (χ2n) is 4.21. The van der Waals surface area contributed by atoms with Crippen molar-refractivity contribution >= 4 is 50.5 Å². The minimum Gasteiger partial charge on any atom is -0.305 e. The van der Waals surface area contributed by atoms with Gasteiger partial charge in [-0.3, -0.25) is 0 Å². The van der Waals surface area contributed by atoms with Gasteiger partial charge < -0.3 is 5.32 Å². The molecule has 5 heteroatoms. The second kappa shape index (κ2) is 7.09. The van der Waals surface area contributed by atoms with Gasteiger partial charge in [0.25, 0.3) is 0 Å². The van der Waals surface area contributed by atoms with E-state index in [0.717, 1.165) is 27.3 Å². The van der Waals surface area contributed by atoms with Crippen molar-refractivity contribution in [2.24, 2.45) is 0 Å². The van der Waals surface area contributed by atoms with Gasteiger partial charge in [0, 0.05) is 27.5 Å². The van der Waals surface area contributed by atoms with E-state index in [4.69, 9.17) is 23.2 Å². The molecule has 1 unspecified atom stereocenters. The molecule has 1 aromatic carbocycles. The fourth-order valence-corrected chi connectivity index (χ4v) is 3.90. The van der Waals surface area contributed by atoms with E-state index in [0.29, 0.717) is 5.02 Å². The number of thiophene rings is 1. The van der Waals surface area contributed by atoms with Crippen LogP contribution in [0.5, 0.6) is 0 Å². The molecule has 0 saturated heterocycles. The number of benzene rings is 1. The Morgan fingerprint density at radius 1 is 1.26 bits per heavy atom. The molecule has 1 atom stereocenters. The standard InChI is InChI=1S/C14H14BrCl2NS/c1-2-13(11-5-3-9(16)7-12(11)17)18-8-10-4-6-14(15)19-10/h3-7,13,18H,2,8H2,1H3. The maximum Gasteiger partial charge on any atom is 0.0701 e. The first-order valence-corrected chi connectivity index (χ1v) is 8.39. The Hall–Kier alpha value is -0.0600. The zero-order chi connectivity index (χ0) is 13.8. The molecule has 1 heterocycles. The second-order valence-corrected chi connectivity index (χ2v) is 7.60. The summed E-state index contributed by atoms with van der Waals surface area (Å²) in [5.41, 5.74) is 1.10. The number of rotatable bonds is 5. The molecule has 0 amide bonds. The lowest BCUT2D eigenvalue weighted by Gasteiger charge is -2.18. The Bertz CT molecular complexity index is 556. The van der Waals surface area contributed by atoms with Gasteiger partial charge in [0.05, 0.1) is 3.79 Å². The fraction of sp³-hybridized carbons (Fsp3) is 0.286. The van der Waals surface area contributed by atoms with E-state index < -0.39 is 0 Å². The molecule has 0 saturated carbocycles. The van der Waals surface area contributed by atoms with Crippen LogP contribution in [0.3, 0.4) is 0 Å². The summed E-state index contributed by atoms with van der Waals surface area (Å²) in [6.07, 6.45) is 0.980. The molecule has 0 aliphatic rings. The largest absolute Gasteiger partial charge is 0.305 e. The summed E-state index contributed by atoms with van der Waals surface area (Å²) in [4.78, 5) is 1.30. The normalized spacial score (nSPS) is 12.6. The van der Waals surface area contributed by atoms with Gasteiger partial charge >= 0.3 is 0 Å². The summed E-state index contributed by atoms with van der Waals surface area (Å²) in [5.74, 6) is 0. The highest BCUT2D eigenvalue weighted by Crippen LogP contribution is 2.29. The van der Waals surface area contributed by atoms with Crippen LogP contribution in [0.4, 0.5) is 0 Å². The van der Waals surface area contributed by atoms with Crippen LogP contribution in [0.2, 0.25) is 10.0 Å². The summed E-state index contributed by atoms with van der Waals surface area (Å²) in [6.45, 7) is 2.99. The molecule has 1 aromatic heterocycles. The summed E-state index contributed by atoms with van der Waals surface area (Å²) in [7, 11) is 0. The minimum absolute atomic E-state index is 0.241. The molecule has 1 nitrogen and oxygen atoms in total. The van der Waals surface area contributed by atoms with E-state index in [2.05, 4.69) is 40.3 Å². The first-order chi connectivity index (χ1) is 9.10. The zero-order valence-electron chi connectivity index (χ0n) is 10.4. The predicted octanol–water partition coefficient (Wildman–Crippen LogP) is 6.06. The molecule has 0 aliphatic carbocycles. The lowest BCUT2D eigenvalue weighted by Crippen LogP contribution is -2.20. The zero-order valence-corrected chi connectivity index (χ0v) is 14.3. The highest BCUT2D eigenvalue weighted by atomic mass is 79.9. The van der Waals surface area contributed by atoms with Gasteiger partial charge in [-0.2, -0.15) is 0 Å². The summed E-state index contributed by atoms with van der Waals surface area (Å²) in [6, 6.07) is 10.1. The summed E-state index contributed by atoms with van der Waals surface area (Å²) < 4.78 is 1.15. The van der Waals surface area contributed by atoms with Crippen molar-refractivity contribution in [3.05, 3.63) is 54.6 Å². The van der Waals surface area contributed by atoms with Crippen LogP contribution in [0.25, 0.3) is 0 Å². The highest BCUT2D eigenvalue weighted by Gasteiger charge is 2.13. The fourth-order valence-electron chi connectivity index (χ4n) is 1.93. The maximum atomic E-state index is 6.26. The highest BCUT2D eigenvalue weighted by molar-refractivity contribution is 9.11. The number of hydrogen-bond donors (Lipinski definition) is 1. The topological polar surface area (TPSA) is 12.0 Å². The molecule has 0 fully saturated rings. The molecule has 19 heavy (non-hydrogen) atoms. The van der Waals surface area contributed by atoms with Gasteiger partial charge in [0.1, 0.15) is 0 Å². The van der Waals surface area contributed by atoms with E-state index in [-0.39, 0.29) is 6.04 Å². The van der Waals surface area contributed by atoms with Crippen LogP contribution >= 0.6 is 50.5 Å². The summed E-state index contributed by atoms with van der Waals surface area (Å²) in [5, 5.41) is 4.93. The van der Waals surface area contributed by atoms with Crippen molar-refractivity contribution in [1.82, 2.24) is 5.32 Å².